The van der Waals surface area contributed by atoms with Crippen molar-refractivity contribution in [2.45, 2.75) is 228 Å². The minimum atomic E-state index is -1.65. The molecule has 72 heavy (non-hydrogen) atoms. The lowest BCUT2D eigenvalue weighted by Gasteiger charge is -2.47. The first-order valence-electron chi connectivity index (χ1n) is 24.5. The van der Waals surface area contributed by atoms with Gasteiger partial charge in [0.15, 0.2) is 12.6 Å². The molecular weight excluding hydrogens is 949 g/mol. The molecule has 2 saturated carbocycles. The van der Waals surface area contributed by atoms with E-state index in [1.54, 1.807) is 55.4 Å². The van der Waals surface area contributed by atoms with Crippen LogP contribution >= 0.6 is 0 Å². The summed E-state index contributed by atoms with van der Waals surface area (Å²) in [7, 11) is 0. The van der Waals surface area contributed by atoms with E-state index < -0.39 is 145 Å². The molecule has 0 spiro atoms. The highest BCUT2D eigenvalue weighted by Crippen LogP contribution is 2.33. The summed E-state index contributed by atoms with van der Waals surface area (Å²) in [4.78, 5) is 49.2. The Bertz CT molecular complexity index is 1820. The standard InChI is InChI=1S/C29H49N3O11.C19H33N3O7/c1-9-10-11-12-19(33)30-14-18-22(36)20(34)15(2)25(40-18)41-24-17(32-27(39)43-29(6,7)8)13-16(21(35)23(24)37)31-26(38)42-28(3,4)5;1-3-4-5-6-13(23)22-8-12-16(26)14(24)9(2)19(28-12)29-18-11(21)7-10(20)15(25)17(18)27/h1,15-18,20-25,34-37H,10-14H2,2-8H3,(H,30,33)(H,31,38)(H,32,39);1,9-12,14-19,24-27H,4-8,20-21H2,2H3,(H,22,23)/t15?,16-,17?,18?,20-,21?,22-,23-,24-,25-;9?,10-,11?,12?,14-,15?,16-,17-,18-,19-/m11/s1. The maximum absolute atomic E-state index is 12.7. The van der Waals surface area contributed by atoms with E-state index in [2.05, 4.69) is 33.1 Å². The number of nitrogens with two attached hydrogens (primary N) is 2. The maximum Gasteiger partial charge on any atom is 0.407 e. The van der Waals surface area contributed by atoms with Crippen LogP contribution in [0.5, 0.6) is 0 Å². The Kier molecular flexibility index (Phi) is 24.3. The number of hydrogen-bond acceptors (Lipinski definition) is 20. The molecule has 2 aliphatic heterocycles. The second-order valence-electron chi connectivity index (χ2n) is 21.0. The first kappa shape index (κ1) is 62.3. The van der Waals surface area contributed by atoms with E-state index in [0.717, 1.165) is 0 Å². The van der Waals surface area contributed by atoms with Crippen molar-refractivity contribution >= 4 is 24.0 Å². The summed E-state index contributed by atoms with van der Waals surface area (Å²) < 4.78 is 34.2. The van der Waals surface area contributed by atoms with Crippen LogP contribution in [0.15, 0.2) is 0 Å². The highest BCUT2D eigenvalue weighted by molar-refractivity contribution is 5.76. The average Bonchev–Trinajstić information content (AvgIpc) is 3.28. The second kappa shape index (κ2) is 28.1. The molecule has 4 fully saturated rings. The zero-order valence-electron chi connectivity index (χ0n) is 42.6. The minimum Gasteiger partial charge on any atom is -0.444 e. The smallest absolute Gasteiger partial charge is 0.407 e. The van der Waals surface area contributed by atoms with Gasteiger partial charge in [0.05, 0.1) is 30.4 Å². The quantitative estimate of drug-likeness (QED) is 0.0559. The van der Waals surface area contributed by atoms with Gasteiger partial charge in [-0.3, -0.25) is 9.59 Å². The summed E-state index contributed by atoms with van der Waals surface area (Å²) in [5.74, 6) is 2.89. The molecule has 24 heteroatoms. The largest absolute Gasteiger partial charge is 0.444 e. The number of aliphatic hydroxyl groups is 8. The van der Waals surface area contributed by atoms with Crippen LogP contribution in [0.25, 0.3) is 0 Å². The van der Waals surface area contributed by atoms with Crippen molar-refractivity contribution in [2.24, 2.45) is 23.3 Å². The number of alkyl carbamates (subject to hydrolysis) is 2. The van der Waals surface area contributed by atoms with Crippen molar-refractivity contribution in [2.75, 3.05) is 13.1 Å². The van der Waals surface area contributed by atoms with Crippen molar-refractivity contribution in [1.29, 1.82) is 0 Å². The summed E-state index contributed by atoms with van der Waals surface area (Å²) in [6, 6.07) is -3.37. The molecule has 20 atom stereocenters. The zero-order valence-corrected chi connectivity index (χ0v) is 42.6. The van der Waals surface area contributed by atoms with E-state index in [1.807, 2.05) is 0 Å². The Hall–Kier alpha value is -3.96. The third kappa shape index (κ3) is 18.8. The number of carbonyl (C=O) groups excluding carboxylic acids is 4. The number of terminal acetylenes is 2. The van der Waals surface area contributed by atoms with E-state index in [9.17, 15) is 60.0 Å². The normalized spacial score (nSPS) is 37.0. The molecule has 4 aliphatic rings. The number of aliphatic hydroxyl groups excluding tert-OH is 8. The first-order chi connectivity index (χ1) is 33.5. The first-order valence-corrected chi connectivity index (χ1v) is 24.5. The van der Waals surface area contributed by atoms with Gasteiger partial charge >= 0.3 is 12.2 Å². The Balaban J connectivity index is 0.000000410. The monoisotopic (exact) mass is 1030 g/mol. The zero-order chi connectivity index (χ0) is 54.4. The van der Waals surface area contributed by atoms with Crippen LogP contribution in [0.1, 0.15) is 107 Å². The fourth-order valence-corrected chi connectivity index (χ4v) is 8.47. The van der Waals surface area contributed by atoms with Crippen LogP contribution in [0.4, 0.5) is 9.59 Å². The summed E-state index contributed by atoms with van der Waals surface area (Å²) in [5, 5.41) is 94.9. The molecule has 2 aliphatic carbocycles. The van der Waals surface area contributed by atoms with Crippen LogP contribution < -0.4 is 32.7 Å². The van der Waals surface area contributed by atoms with E-state index in [0.29, 0.717) is 25.7 Å². The molecular formula is C48H82N6O18. The number of ether oxygens (including phenoxy) is 6. The number of unbranched alkanes of at least 4 members (excludes halogenated alkanes) is 2. The summed E-state index contributed by atoms with van der Waals surface area (Å²) in [6.45, 7) is 13.0. The van der Waals surface area contributed by atoms with E-state index >= 15 is 0 Å². The van der Waals surface area contributed by atoms with Crippen molar-refractivity contribution in [1.82, 2.24) is 21.3 Å². The summed E-state index contributed by atoms with van der Waals surface area (Å²) in [6.07, 6.45) is -6.08. The molecule has 8 unspecified atom stereocenters. The lowest BCUT2D eigenvalue weighted by molar-refractivity contribution is -0.304. The molecule has 24 nitrogen and oxygen atoms in total. The van der Waals surface area contributed by atoms with Gasteiger partial charge in [0.1, 0.15) is 66.1 Å². The van der Waals surface area contributed by atoms with Crippen molar-refractivity contribution < 1.29 is 88.5 Å². The molecule has 4 rings (SSSR count). The predicted octanol–water partition coefficient (Wildman–Crippen LogP) is -2.56. The van der Waals surface area contributed by atoms with Gasteiger partial charge in [0.2, 0.25) is 11.8 Å². The molecule has 2 heterocycles. The molecule has 0 bridgehead atoms. The molecule has 16 N–H and O–H groups in total. The Morgan fingerprint density at radius 2 is 0.972 bits per heavy atom. The van der Waals surface area contributed by atoms with Crippen molar-refractivity contribution in [3.63, 3.8) is 0 Å². The number of carbonyl (C=O) groups is 4. The van der Waals surface area contributed by atoms with Crippen LogP contribution in [0.2, 0.25) is 0 Å². The Morgan fingerprint density at radius 1 is 0.569 bits per heavy atom. The van der Waals surface area contributed by atoms with E-state index in [1.165, 1.54) is 0 Å². The minimum absolute atomic E-state index is 0.0353. The van der Waals surface area contributed by atoms with Crippen LogP contribution in [-0.4, -0.2) is 199 Å². The number of hydrogen-bond donors (Lipinski definition) is 14. The third-order valence-corrected chi connectivity index (χ3v) is 12.5. The molecule has 0 aromatic carbocycles. The lowest BCUT2D eigenvalue weighted by Crippen LogP contribution is -2.67. The van der Waals surface area contributed by atoms with Gasteiger partial charge in [-0.2, -0.15) is 0 Å². The second-order valence-corrected chi connectivity index (χ2v) is 21.0. The highest BCUT2D eigenvalue weighted by Gasteiger charge is 2.51. The predicted molar refractivity (Wildman–Crippen MR) is 256 cm³/mol. The van der Waals surface area contributed by atoms with E-state index in [4.69, 9.17) is 52.7 Å². The van der Waals surface area contributed by atoms with Gasteiger partial charge < -0.3 is 102 Å². The van der Waals surface area contributed by atoms with Gasteiger partial charge in [0, 0.05) is 62.7 Å². The van der Waals surface area contributed by atoms with Crippen molar-refractivity contribution in [3.05, 3.63) is 0 Å². The maximum atomic E-state index is 12.7. The van der Waals surface area contributed by atoms with Gasteiger partial charge in [-0.1, -0.05) is 13.8 Å². The molecule has 0 radical (unpaired) electrons. The molecule has 0 aromatic heterocycles. The van der Waals surface area contributed by atoms with Crippen LogP contribution in [0.3, 0.4) is 0 Å². The van der Waals surface area contributed by atoms with E-state index in [-0.39, 0.29) is 50.6 Å². The molecule has 4 amide bonds. The number of amides is 4. The van der Waals surface area contributed by atoms with Gasteiger partial charge in [0.25, 0.3) is 0 Å². The highest BCUT2D eigenvalue weighted by atomic mass is 16.7. The fraction of sp³-hybridized carbons (Fsp3) is 0.833. The molecule has 2 saturated heterocycles. The molecule has 412 valence electrons. The van der Waals surface area contributed by atoms with Gasteiger partial charge in [-0.25, -0.2) is 9.59 Å². The summed E-state index contributed by atoms with van der Waals surface area (Å²) in [5.41, 5.74) is 10.1. The fourth-order valence-electron chi connectivity index (χ4n) is 8.47. The van der Waals surface area contributed by atoms with Gasteiger partial charge in [-0.15, -0.1) is 24.7 Å². The van der Waals surface area contributed by atoms with Crippen molar-refractivity contribution in [3.8, 4) is 24.7 Å². The third-order valence-electron chi connectivity index (χ3n) is 12.5. The summed E-state index contributed by atoms with van der Waals surface area (Å²) >= 11 is 0. The average molecular weight is 1030 g/mol. The molecule has 0 aromatic rings. The lowest BCUT2D eigenvalue weighted by atomic mass is 9.83. The van der Waals surface area contributed by atoms with Crippen LogP contribution in [0, 0.1) is 36.5 Å². The number of nitrogens with one attached hydrogen (secondary N) is 4. The van der Waals surface area contributed by atoms with Gasteiger partial charge in [-0.05, 0) is 67.2 Å². The Labute approximate surface area is 421 Å². The SMILES string of the molecule is C#CCCCC(=O)NCC1O[C@H](O[C@@H]2C(N)C[C@@H](N)C(O)[C@H]2O)C(C)[C@@H](O)[C@@H]1O.C#CCCCC(=O)NCC1O[C@H](O[C@@H]2C(NC(=O)OC(C)(C)C)C[C@@H](NC(=O)OC(C)(C)C)C(O)[C@H]2O)C(C)[C@@H](O)[C@@H]1O. The topological polar surface area (TPSA) is 386 Å². The number of rotatable bonds is 16. The van der Waals surface area contributed by atoms with Crippen LogP contribution in [-0.2, 0) is 38.0 Å². The Morgan fingerprint density at radius 3 is 1.39 bits per heavy atom.